The Bertz CT molecular complexity index is 302. The third-order valence-electron chi connectivity index (χ3n) is 3.01. The second-order valence-corrected chi connectivity index (χ2v) is 4.03. The lowest BCUT2D eigenvalue weighted by molar-refractivity contribution is -0.120. The van der Waals surface area contributed by atoms with Gasteiger partial charge < -0.3 is 0 Å². The van der Waals surface area contributed by atoms with Gasteiger partial charge in [-0.05, 0) is 18.4 Å². The van der Waals surface area contributed by atoms with Crippen molar-refractivity contribution in [2.45, 2.75) is 38.0 Å². The average molecular weight is 188 g/mol. The predicted molar refractivity (Wildman–Crippen MR) is 57.3 cm³/mol. The fourth-order valence-corrected chi connectivity index (χ4v) is 2.20. The smallest absolute Gasteiger partial charge is 0.140 e. The number of benzene rings is 1. The third-order valence-corrected chi connectivity index (χ3v) is 3.01. The van der Waals surface area contributed by atoms with Crippen molar-refractivity contribution in [3.05, 3.63) is 35.9 Å². The van der Waals surface area contributed by atoms with E-state index in [2.05, 4.69) is 12.1 Å². The summed E-state index contributed by atoms with van der Waals surface area (Å²) in [7, 11) is 0. The Kier molecular flexibility index (Phi) is 2.97. The molecule has 0 radical (unpaired) electrons. The summed E-state index contributed by atoms with van der Waals surface area (Å²) >= 11 is 0. The molecule has 0 aromatic heterocycles. The number of rotatable bonds is 1. The monoisotopic (exact) mass is 188 g/mol. The highest BCUT2D eigenvalue weighted by Crippen LogP contribution is 2.28. The highest BCUT2D eigenvalue weighted by molar-refractivity contribution is 5.85. The van der Waals surface area contributed by atoms with Crippen LogP contribution >= 0.6 is 0 Å². The van der Waals surface area contributed by atoms with Gasteiger partial charge in [0.25, 0.3) is 0 Å². The minimum absolute atomic E-state index is 0.179. The van der Waals surface area contributed by atoms with E-state index in [1.807, 2.05) is 18.2 Å². The van der Waals surface area contributed by atoms with Crippen molar-refractivity contribution in [2.24, 2.45) is 0 Å². The van der Waals surface area contributed by atoms with Crippen LogP contribution in [0.25, 0.3) is 0 Å². The van der Waals surface area contributed by atoms with Crippen molar-refractivity contribution >= 4 is 5.78 Å². The quantitative estimate of drug-likeness (QED) is 0.618. The van der Waals surface area contributed by atoms with Gasteiger partial charge >= 0.3 is 0 Å². The zero-order valence-electron chi connectivity index (χ0n) is 8.41. The van der Waals surface area contributed by atoms with E-state index in [0.29, 0.717) is 5.78 Å². The van der Waals surface area contributed by atoms with Crippen LogP contribution in [-0.2, 0) is 4.79 Å². The Morgan fingerprint density at radius 2 is 1.79 bits per heavy atom. The number of carbonyl (C=O) groups excluding carboxylic acids is 1. The first-order chi connectivity index (χ1) is 6.88. The summed E-state index contributed by atoms with van der Waals surface area (Å²) in [4.78, 5) is 11.8. The maximum absolute atomic E-state index is 11.8. The fraction of sp³-hybridized carbons (Fsp3) is 0.462. The maximum atomic E-state index is 11.8. The zero-order valence-corrected chi connectivity index (χ0v) is 8.41. The van der Waals surface area contributed by atoms with E-state index < -0.39 is 0 Å². The summed E-state index contributed by atoms with van der Waals surface area (Å²) in [5.41, 5.74) is 1.21. The Morgan fingerprint density at radius 1 is 1.00 bits per heavy atom. The van der Waals surface area contributed by atoms with Crippen molar-refractivity contribution < 1.29 is 4.79 Å². The van der Waals surface area contributed by atoms with Crippen LogP contribution < -0.4 is 0 Å². The van der Waals surface area contributed by atoms with Crippen LogP contribution in [0.1, 0.15) is 43.6 Å². The maximum Gasteiger partial charge on any atom is 0.140 e. The van der Waals surface area contributed by atoms with E-state index in [9.17, 15) is 4.79 Å². The van der Waals surface area contributed by atoms with Gasteiger partial charge in [0.1, 0.15) is 5.78 Å². The Labute approximate surface area is 85.1 Å². The number of hydrogen-bond donors (Lipinski definition) is 0. The van der Waals surface area contributed by atoms with Crippen LogP contribution in [-0.4, -0.2) is 5.78 Å². The van der Waals surface area contributed by atoms with Gasteiger partial charge in [0.15, 0.2) is 0 Å². The van der Waals surface area contributed by atoms with Crippen LogP contribution in [0.5, 0.6) is 0 Å². The van der Waals surface area contributed by atoms with Gasteiger partial charge in [0, 0.05) is 12.3 Å². The van der Waals surface area contributed by atoms with Crippen molar-refractivity contribution in [3.8, 4) is 0 Å². The van der Waals surface area contributed by atoms with Gasteiger partial charge in [-0.3, -0.25) is 4.79 Å². The molecule has 0 heterocycles. The third kappa shape index (κ3) is 2.03. The Morgan fingerprint density at radius 3 is 2.57 bits per heavy atom. The van der Waals surface area contributed by atoms with Gasteiger partial charge in [0.2, 0.25) is 0 Å². The fourth-order valence-electron chi connectivity index (χ4n) is 2.20. The molecule has 2 rings (SSSR count). The van der Waals surface area contributed by atoms with Crippen molar-refractivity contribution in [1.29, 1.82) is 0 Å². The van der Waals surface area contributed by atoms with Gasteiger partial charge in [-0.25, -0.2) is 0 Å². The highest BCUT2D eigenvalue weighted by atomic mass is 16.1. The van der Waals surface area contributed by atoms with Crippen LogP contribution in [0.3, 0.4) is 0 Å². The molecule has 1 aliphatic carbocycles. The molecule has 1 aliphatic rings. The zero-order chi connectivity index (χ0) is 9.80. The first kappa shape index (κ1) is 9.45. The second-order valence-electron chi connectivity index (χ2n) is 4.03. The number of hydrogen-bond acceptors (Lipinski definition) is 1. The molecule has 1 aromatic rings. The normalized spacial score (nSPS) is 23.1. The molecule has 1 heteroatoms. The van der Waals surface area contributed by atoms with E-state index in [1.54, 1.807) is 0 Å². The summed E-state index contributed by atoms with van der Waals surface area (Å²) in [6, 6.07) is 10.2. The SMILES string of the molecule is O=C1CCCCC[C@H]1c1ccccc1. The molecule has 0 unspecified atom stereocenters. The predicted octanol–water partition coefficient (Wildman–Crippen LogP) is 3.30. The molecule has 0 aliphatic heterocycles. The summed E-state index contributed by atoms with van der Waals surface area (Å²) in [6.45, 7) is 0. The lowest BCUT2D eigenvalue weighted by Crippen LogP contribution is -2.09. The molecule has 74 valence electrons. The van der Waals surface area contributed by atoms with Gasteiger partial charge in [0.05, 0.1) is 0 Å². The molecule has 14 heavy (non-hydrogen) atoms. The topological polar surface area (TPSA) is 17.1 Å². The number of carbonyl (C=O) groups is 1. The van der Waals surface area contributed by atoms with E-state index >= 15 is 0 Å². The average Bonchev–Trinajstić information content (AvgIpc) is 2.44. The summed E-state index contributed by atoms with van der Waals surface area (Å²) in [5, 5.41) is 0. The van der Waals surface area contributed by atoms with Crippen LogP contribution in [0.4, 0.5) is 0 Å². The lowest BCUT2D eigenvalue weighted by atomic mass is 9.91. The van der Waals surface area contributed by atoms with E-state index in [0.717, 1.165) is 19.3 Å². The standard InChI is InChI=1S/C13H16O/c14-13-10-6-2-5-9-12(13)11-7-3-1-4-8-11/h1,3-4,7-8,12H,2,5-6,9-10H2/t12-/m0/s1. The van der Waals surface area contributed by atoms with E-state index in [-0.39, 0.29) is 5.92 Å². The van der Waals surface area contributed by atoms with Gasteiger partial charge in [-0.15, -0.1) is 0 Å². The van der Waals surface area contributed by atoms with Crippen molar-refractivity contribution in [2.75, 3.05) is 0 Å². The van der Waals surface area contributed by atoms with E-state index in [4.69, 9.17) is 0 Å². The summed E-state index contributed by atoms with van der Waals surface area (Å²) < 4.78 is 0. The largest absolute Gasteiger partial charge is 0.299 e. The molecule has 1 nitrogen and oxygen atoms in total. The van der Waals surface area contributed by atoms with Gasteiger partial charge in [-0.1, -0.05) is 43.2 Å². The summed E-state index contributed by atoms with van der Waals surface area (Å²) in [5.74, 6) is 0.618. The Hall–Kier alpha value is -1.11. The molecule has 0 bridgehead atoms. The van der Waals surface area contributed by atoms with Crippen LogP contribution in [0.2, 0.25) is 0 Å². The highest BCUT2D eigenvalue weighted by Gasteiger charge is 2.21. The Balaban J connectivity index is 2.19. The van der Waals surface area contributed by atoms with Gasteiger partial charge in [-0.2, -0.15) is 0 Å². The van der Waals surface area contributed by atoms with Crippen LogP contribution in [0, 0.1) is 0 Å². The minimum atomic E-state index is 0.179. The molecule has 0 amide bonds. The number of ketones is 1. The number of Topliss-reactive ketones (excluding diaryl/α,β-unsaturated/α-hetero) is 1. The second kappa shape index (κ2) is 4.41. The molecule has 0 saturated heterocycles. The minimum Gasteiger partial charge on any atom is -0.299 e. The lowest BCUT2D eigenvalue weighted by Gasteiger charge is -2.12. The van der Waals surface area contributed by atoms with Crippen LogP contribution in [0.15, 0.2) is 30.3 Å². The van der Waals surface area contributed by atoms with Crippen molar-refractivity contribution in [3.63, 3.8) is 0 Å². The van der Waals surface area contributed by atoms with E-state index in [1.165, 1.54) is 18.4 Å². The molecule has 1 fully saturated rings. The molecule has 1 atom stereocenters. The molecular weight excluding hydrogens is 172 g/mol. The molecule has 0 spiro atoms. The first-order valence-electron chi connectivity index (χ1n) is 5.45. The molecular formula is C13H16O. The molecule has 0 N–H and O–H groups in total. The molecule has 1 aromatic carbocycles. The summed E-state index contributed by atoms with van der Waals surface area (Å²) in [6.07, 6.45) is 5.32. The molecule has 1 saturated carbocycles. The first-order valence-corrected chi connectivity index (χ1v) is 5.45. The van der Waals surface area contributed by atoms with Crippen molar-refractivity contribution in [1.82, 2.24) is 0 Å².